The number of carbonyl (C=O) groups is 1. The molecule has 1 amide bonds. The number of hydrogen-bond acceptors (Lipinski definition) is 5. The number of nitrogens with zero attached hydrogens (tertiary/aromatic N) is 1. The average molecular weight is 517 g/mol. The Morgan fingerprint density at radius 2 is 1.66 bits per heavy atom. The predicted molar refractivity (Wildman–Crippen MR) is 138 cm³/mol. The first-order chi connectivity index (χ1) is 16.8. The van der Waals surface area contributed by atoms with E-state index in [0.29, 0.717) is 25.1 Å². The maximum atomic E-state index is 13.5. The Morgan fingerprint density at radius 1 is 0.971 bits per heavy atom. The molecule has 186 valence electrons. The molecule has 35 heavy (non-hydrogen) atoms. The lowest BCUT2D eigenvalue weighted by molar-refractivity contribution is -0.119. The summed E-state index contributed by atoms with van der Waals surface area (Å²) in [7, 11) is -0.936. The first-order valence-electron chi connectivity index (χ1n) is 11.1. The molecule has 0 aromatic heterocycles. The Hall–Kier alpha value is -3.23. The first-order valence-corrected chi connectivity index (χ1v) is 12.9. The number of hydrogen-bond donors (Lipinski definition) is 1. The molecule has 3 rings (SSSR count). The molecule has 0 fully saturated rings. The number of amides is 1. The Labute approximate surface area is 211 Å². The molecule has 3 aromatic rings. The lowest BCUT2D eigenvalue weighted by Crippen LogP contribution is -2.41. The molecule has 0 saturated heterocycles. The molecule has 9 heteroatoms. The van der Waals surface area contributed by atoms with Crippen molar-refractivity contribution in [1.82, 2.24) is 5.32 Å². The zero-order valence-corrected chi connectivity index (χ0v) is 21.5. The highest BCUT2D eigenvalue weighted by molar-refractivity contribution is 7.92. The predicted octanol–water partition coefficient (Wildman–Crippen LogP) is 4.61. The number of nitrogens with one attached hydrogen (secondary N) is 1. The van der Waals surface area contributed by atoms with Crippen molar-refractivity contribution >= 4 is 33.2 Å². The van der Waals surface area contributed by atoms with E-state index in [2.05, 4.69) is 5.32 Å². The van der Waals surface area contributed by atoms with Crippen LogP contribution in [0.1, 0.15) is 17.5 Å². The normalized spacial score (nSPS) is 11.1. The van der Waals surface area contributed by atoms with Crippen molar-refractivity contribution in [3.8, 4) is 11.5 Å². The highest BCUT2D eigenvalue weighted by Gasteiger charge is 2.27. The van der Waals surface area contributed by atoms with Crippen LogP contribution in [0.4, 0.5) is 5.69 Å². The van der Waals surface area contributed by atoms with Crippen LogP contribution in [0.15, 0.2) is 71.6 Å². The minimum Gasteiger partial charge on any atom is -0.496 e. The third-order valence-corrected chi connectivity index (χ3v) is 7.54. The summed E-state index contributed by atoms with van der Waals surface area (Å²) in [6.07, 6.45) is 1.38. The monoisotopic (exact) mass is 516 g/mol. The number of benzene rings is 3. The fourth-order valence-electron chi connectivity index (χ4n) is 3.57. The van der Waals surface area contributed by atoms with E-state index in [-0.39, 0.29) is 15.6 Å². The second-order valence-electron chi connectivity index (χ2n) is 7.91. The Bertz CT molecular complexity index is 1260. The number of methoxy groups -OCH3 is 2. The molecule has 0 spiro atoms. The van der Waals surface area contributed by atoms with Gasteiger partial charge in [-0.1, -0.05) is 47.5 Å². The van der Waals surface area contributed by atoms with Crippen LogP contribution in [0, 0.1) is 6.92 Å². The topological polar surface area (TPSA) is 84.9 Å². The summed E-state index contributed by atoms with van der Waals surface area (Å²) >= 11 is 6.26. The number of anilines is 1. The number of carbonyl (C=O) groups excluding carboxylic acids is 1. The van der Waals surface area contributed by atoms with Gasteiger partial charge in [-0.25, -0.2) is 8.42 Å². The van der Waals surface area contributed by atoms with Gasteiger partial charge in [-0.2, -0.15) is 0 Å². The summed E-state index contributed by atoms with van der Waals surface area (Å²) in [5, 5.41) is 3.06. The molecular formula is C26H29ClN2O5S. The quantitative estimate of drug-likeness (QED) is 0.376. The molecule has 1 N–H and O–H groups in total. The maximum absolute atomic E-state index is 13.5. The van der Waals surface area contributed by atoms with E-state index in [1.165, 1.54) is 25.3 Å². The maximum Gasteiger partial charge on any atom is 0.264 e. The molecule has 0 aliphatic rings. The number of ether oxygens (including phenoxy) is 2. The lowest BCUT2D eigenvalue weighted by atomic mass is 10.1. The highest BCUT2D eigenvalue weighted by Crippen LogP contribution is 2.32. The number of rotatable bonds is 11. The van der Waals surface area contributed by atoms with Gasteiger partial charge in [0.25, 0.3) is 10.0 Å². The molecule has 7 nitrogen and oxygen atoms in total. The lowest BCUT2D eigenvalue weighted by Gasteiger charge is -2.24. The third kappa shape index (κ3) is 6.68. The fraction of sp³-hybridized carbons (Fsp3) is 0.269. The van der Waals surface area contributed by atoms with Crippen LogP contribution in [-0.4, -0.2) is 41.6 Å². The van der Waals surface area contributed by atoms with Crippen LogP contribution in [0.3, 0.4) is 0 Å². The zero-order chi connectivity index (χ0) is 25.4. The number of halogens is 1. The van der Waals surface area contributed by atoms with Gasteiger partial charge in [0.05, 0.1) is 29.8 Å². The second-order valence-corrected chi connectivity index (χ2v) is 10.2. The van der Waals surface area contributed by atoms with Gasteiger partial charge in [0, 0.05) is 6.54 Å². The summed E-state index contributed by atoms with van der Waals surface area (Å²) in [5.41, 5.74) is 2.23. The summed E-state index contributed by atoms with van der Waals surface area (Å²) in [6, 6.07) is 18.8. The minimum absolute atomic E-state index is 0.0824. The summed E-state index contributed by atoms with van der Waals surface area (Å²) in [5.74, 6) is 0.780. The number of para-hydroxylation sites is 1. The standard InChI is InChI=1S/C26H29ClN2O5S/c1-19-10-13-22(14-11-19)35(31,32)29(21-12-15-25(34-3)23(27)17-21)18-26(30)28-16-6-8-20-7-4-5-9-24(20)33-2/h4-5,7,9-15,17H,6,8,16,18H2,1-3H3,(H,28,30). The van der Waals surface area contributed by atoms with Crippen LogP contribution >= 0.6 is 11.6 Å². The highest BCUT2D eigenvalue weighted by atomic mass is 35.5. The van der Waals surface area contributed by atoms with E-state index >= 15 is 0 Å². The van der Waals surface area contributed by atoms with Crippen molar-refractivity contribution in [2.45, 2.75) is 24.7 Å². The van der Waals surface area contributed by atoms with Gasteiger partial charge < -0.3 is 14.8 Å². The van der Waals surface area contributed by atoms with Crippen LogP contribution in [0.5, 0.6) is 11.5 Å². The van der Waals surface area contributed by atoms with E-state index in [0.717, 1.165) is 21.2 Å². The van der Waals surface area contributed by atoms with Crippen LogP contribution in [0.2, 0.25) is 5.02 Å². The van der Waals surface area contributed by atoms with Crippen molar-refractivity contribution in [3.05, 3.63) is 82.9 Å². The SMILES string of the molecule is COc1ccc(N(CC(=O)NCCCc2ccccc2OC)S(=O)(=O)c2ccc(C)cc2)cc1Cl. The molecule has 0 aliphatic carbocycles. The van der Waals surface area contributed by atoms with Crippen molar-refractivity contribution in [2.24, 2.45) is 0 Å². The molecule has 0 atom stereocenters. The van der Waals surface area contributed by atoms with Crippen molar-refractivity contribution in [3.63, 3.8) is 0 Å². The Balaban J connectivity index is 1.75. The number of aryl methyl sites for hydroxylation is 2. The van der Waals surface area contributed by atoms with E-state index in [9.17, 15) is 13.2 Å². The molecule has 0 radical (unpaired) electrons. The van der Waals surface area contributed by atoms with Gasteiger partial charge in [-0.05, 0) is 61.7 Å². The Kier molecular flexibility index (Phi) is 9.01. The summed E-state index contributed by atoms with van der Waals surface area (Å²) in [6.45, 7) is 1.86. The largest absolute Gasteiger partial charge is 0.496 e. The van der Waals surface area contributed by atoms with Gasteiger partial charge in [0.1, 0.15) is 18.0 Å². The molecule has 0 heterocycles. The minimum atomic E-state index is -4.03. The van der Waals surface area contributed by atoms with E-state index in [1.807, 2.05) is 31.2 Å². The fourth-order valence-corrected chi connectivity index (χ4v) is 5.23. The first kappa shape index (κ1) is 26.4. The van der Waals surface area contributed by atoms with Crippen LogP contribution in [0.25, 0.3) is 0 Å². The molecule has 0 saturated carbocycles. The van der Waals surface area contributed by atoms with Crippen LogP contribution < -0.4 is 19.1 Å². The molecule has 3 aromatic carbocycles. The summed E-state index contributed by atoms with van der Waals surface area (Å²) < 4.78 is 38.6. The average Bonchev–Trinajstić information content (AvgIpc) is 2.85. The van der Waals surface area contributed by atoms with E-state index in [4.69, 9.17) is 21.1 Å². The smallest absolute Gasteiger partial charge is 0.264 e. The van der Waals surface area contributed by atoms with E-state index in [1.54, 1.807) is 31.4 Å². The van der Waals surface area contributed by atoms with Gasteiger partial charge in [0.2, 0.25) is 5.91 Å². The van der Waals surface area contributed by atoms with Gasteiger partial charge in [-0.15, -0.1) is 0 Å². The van der Waals surface area contributed by atoms with E-state index < -0.39 is 22.5 Å². The van der Waals surface area contributed by atoms with Gasteiger partial charge in [0.15, 0.2) is 0 Å². The molecular weight excluding hydrogens is 488 g/mol. The third-order valence-electron chi connectivity index (χ3n) is 5.46. The number of sulfonamides is 1. The molecule has 0 aliphatic heterocycles. The second kappa shape index (κ2) is 12.0. The van der Waals surface area contributed by atoms with Gasteiger partial charge in [-0.3, -0.25) is 9.10 Å². The summed E-state index contributed by atoms with van der Waals surface area (Å²) in [4.78, 5) is 12.9. The van der Waals surface area contributed by atoms with Crippen LogP contribution in [-0.2, 0) is 21.2 Å². The molecule has 0 bridgehead atoms. The van der Waals surface area contributed by atoms with Crippen molar-refractivity contribution in [2.75, 3.05) is 31.6 Å². The van der Waals surface area contributed by atoms with Crippen molar-refractivity contribution < 1.29 is 22.7 Å². The molecule has 0 unspecified atom stereocenters. The van der Waals surface area contributed by atoms with Gasteiger partial charge >= 0.3 is 0 Å². The van der Waals surface area contributed by atoms with Crippen molar-refractivity contribution in [1.29, 1.82) is 0 Å². The Morgan fingerprint density at radius 3 is 2.31 bits per heavy atom. The zero-order valence-electron chi connectivity index (χ0n) is 20.0.